The summed E-state index contributed by atoms with van der Waals surface area (Å²) in [6.45, 7) is 4.21. The molecule has 7 heteroatoms. The number of rotatable bonds is 7. The van der Waals surface area contributed by atoms with Crippen LogP contribution in [0.1, 0.15) is 11.1 Å². The average molecular weight is 507 g/mol. The van der Waals surface area contributed by atoms with Gasteiger partial charge in [0.15, 0.2) is 11.5 Å². The second-order valence-corrected chi connectivity index (χ2v) is 8.04. The summed E-state index contributed by atoms with van der Waals surface area (Å²) in [5.74, 6) is 0.900. The van der Waals surface area contributed by atoms with Crippen molar-refractivity contribution < 1.29 is 19.1 Å². The first-order chi connectivity index (χ1) is 13.5. The van der Waals surface area contributed by atoms with Crippen LogP contribution in [0.4, 0.5) is 4.79 Å². The van der Waals surface area contributed by atoms with Crippen molar-refractivity contribution in [3.63, 3.8) is 0 Å². The number of thioether (sulfide) groups is 1. The second kappa shape index (κ2) is 9.29. The van der Waals surface area contributed by atoms with Crippen molar-refractivity contribution in [3.8, 4) is 11.5 Å². The third-order valence-electron chi connectivity index (χ3n) is 3.96. The molecule has 0 aliphatic carbocycles. The Hall–Kier alpha value is -2.26. The molecule has 1 heterocycles. The number of amides is 2. The van der Waals surface area contributed by atoms with E-state index in [1.807, 2.05) is 36.4 Å². The number of imide groups is 1. The molecule has 0 bridgehead atoms. The Morgan fingerprint density at radius 1 is 1.21 bits per heavy atom. The topological polar surface area (TPSA) is 55.8 Å². The van der Waals surface area contributed by atoms with Crippen molar-refractivity contribution in [2.24, 2.45) is 0 Å². The molecule has 1 aliphatic rings. The quantitative estimate of drug-likeness (QED) is 0.297. The Bertz CT molecular complexity index is 943. The Labute approximate surface area is 181 Å². The van der Waals surface area contributed by atoms with Gasteiger partial charge >= 0.3 is 0 Å². The number of benzene rings is 2. The highest BCUT2D eigenvalue weighted by atomic mass is 127. The number of carbonyl (C=O) groups is 2. The van der Waals surface area contributed by atoms with E-state index in [2.05, 4.69) is 29.2 Å². The van der Waals surface area contributed by atoms with Gasteiger partial charge in [-0.05, 0) is 63.7 Å². The van der Waals surface area contributed by atoms with E-state index in [0.717, 1.165) is 26.5 Å². The van der Waals surface area contributed by atoms with Crippen LogP contribution in [0.25, 0.3) is 6.08 Å². The molecule has 1 fully saturated rings. The third kappa shape index (κ3) is 4.59. The molecule has 2 aromatic carbocycles. The van der Waals surface area contributed by atoms with Crippen LogP contribution in [0.2, 0.25) is 0 Å². The molecule has 0 saturated carbocycles. The van der Waals surface area contributed by atoms with E-state index in [1.165, 1.54) is 11.0 Å². The lowest BCUT2D eigenvalue weighted by Crippen LogP contribution is -2.27. The van der Waals surface area contributed by atoms with E-state index in [0.29, 0.717) is 23.0 Å². The fourth-order valence-electron chi connectivity index (χ4n) is 2.63. The maximum absolute atomic E-state index is 12.4. The molecule has 0 aromatic heterocycles. The highest BCUT2D eigenvalue weighted by Crippen LogP contribution is 2.37. The van der Waals surface area contributed by atoms with E-state index in [4.69, 9.17) is 9.47 Å². The zero-order chi connectivity index (χ0) is 20.1. The SMILES string of the molecule is C=CCN1C(=O)S/C(=C\c2cc(I)c(OCc3ccccc3)c(OC)c2)C1=O. The minimum atomic E-state index is -0.312. The first kappa shape index (κ1) is 20.5. The van der Waals surface area contributed by atoms with Crippen molar-refractivity contribution in [1.82, 2.24) is 4.90 Å². The van der Waals surface area contributed by atoms with Crippen LogP contribution >= 0.6 is 34.4 Å². The van der Waals surface area contributed by atoms with Crippen LogP contribution in [0.3, 0.4) is 0 Å². The molecule has 1 saturated heterocycles. The van der Waals surface area contributed by atoms with Crippen LogP contribution in [0, 0.1) is 3.57 Å². The van der Waals surface area contributed by atoms with Crippen LogP contribution < -0.4 is 9.47 Å². The van der Waals surface area contributed by atoms with E-state index in [-0.39, 0.29) is 17.7 Å². The van der Waals surface area contributed by atoms with Gasteiger partial charge < -0.3 is 9.47 Å². The normalized spacial score (nSPS) is 15.2. The fourth-order valence-corrected chi connectivity index (χ4v) is 4.26. The standard InChI is InChI=1S/C21H18INO4S/c1-3-9-23-20(24)18(28-21(23)25)12-15-10-16(22)19(17(11-15)26-2)27-13-14-7-5-4-6-8-14/h3-8,10-12H,1,9,13H2,2H3/b18-12-. The van der Waals surface area contributed by atoms with Gasteiger partial charge in [-0.15, -0.1) is 6.58 Å². The Morgan fingerprint density at radius 3 is 2.64 bits per heavy atom. The summed E-state index contributed by atoms with van der Waals surface area (Å²) in [6, 6.07) is 13.6. The number of ether oxygens (including phenoxy) is 2. The number of carbonyl (C=O) groups excluding carboxylic acids is 2. The van der Waals surface area contributed by atoms with Crippen molar-refractivity contribution in [1.29, 1.82) is 0 Å². The van der Waals surface area contributed by atoms with E-state index < -0.39 is 0 Å². The van der Waals surface area contributed by atoms with Gasteiger partial charge in [0.25, 0.3) is 11.1 Å². The Balaban J connectivity index is 1.84. The number of hydrogen-bond donors (Lipinski definition) is 0. The lowest BCUT2D eigenvalue weighted by atomic mass is 10.1. The summed E-state index contributed by atoms with van der Waals surface area (Å²) in [5, 5.41) is -0.291. The van der Waals surface area contributed by atoms with Crippen LogP contribution in [0.15, 0.2) is 60.0 Å². The molecule has 2 aromatic rings. The maximum atomic E-state index is 12.4. The first-order valence-corrected chi connectivity index (χ1v) is 10.3. The number of nitrogens with zero attached hydrogens (tertiary/aromatic N) is 1. The summed E-state index contributed by atoms with van der Waals surface area (Å²) in [7, 11) is 1.57. The molecular weight excluding hydrogens is 489 g/mol. The molecule has 144 valence electrons. The molecule has 5 nitrogen and oxygen atoms in total. The monoisotopic (exact) mass is 507 g/mol. The Morgan fingerprint density at radius 2 is 1.96 bits per heavy atom. The maximum Gasteiger partial charge on any atom is 0.293 e. The molecule has 28 heavy (non-hydrogen) atoms. The van der Waals surface area contributed by atoms with Gasteiger partial charge in [-0.1, -0.05) is 36.4 Å². The second-order valence-electron chi connectivity index (χ2n) is 5.89. The van der Waals surface area contributed by atoms with Gasteiger partial charge in [-0.25, -0.2) is 0 Å². The first-order valence-electron chi connectivity index (χ1n) is 8.44. The minimum absolute atomic E-state index is 0.203. The Kier molecular flexibility index (Phi) is 6.79. The predicted octanol–water partition coefficient (Wildman–Crippen LogP) is 5.10. The zero-order valence-corrected chi connectivity index (χ0v) is 18.2. The predicted molar refractivity (Wildman–Crippen MR) is 119 cm³/mol. The van der Waals surface area contributed by atoms with Crippen LogP contribution in [-0.4, -0.2) is 29.7 Å². The van der Waals surface area contributed by atoms with Crippen molar-refractivity contribution >= 4 is 51.6 Å². The molecule has 0 unspecified atom stereocenters. The molecular formula is C21H18INO4S. The zero-order valence-electron chi connectivity index (χ0n) is 15.2. The highest BCUT2D eigenvalue weighted by Gasteiger charge is 2.34. The summed E-state index contributed by atoms with van der Waals surface area (Å²) >= 11 is 3.10. The molecule has 0 spiro atoms. The minimum Gasteiger partial charge on any atom is -0.493 e. The molecule has 0 radical (unpaired) electrons. The van der Waals surface area contributed by atoms with Crippen LogP contribution in [-0.2, 0) is 11.4 Å². The highest BCUT2D eigenvalue weighted by molar-refractivity contribution is 14.1. The van der Waals surface area contributed by atoms with Gasteiger partial charge in [-0.3, -0.25) is 14.5 Å². The van der Waals surface area contributed by atoms with Gasteiger partial charge in [0.2, 0.25) is 0 Å². The van der Waals surface area contributed by atoms with Gasteiger partial charge in [0.1, 0.15) is 6.61 Å². The third-order valence-corrected chi connectivity index (χ3v) is 5.67. The van der Waals surface area contributed by atoms with Crippen LogP contribution in [0.5, 0.6) is 11.5 Å². The molecule has 0 N–H and O–H groups in total. The van der Waals surface area contributed by atoms with Gasteiger partial charge in [0.05, 0.1) is 15.6 Å². The van der Waals surface area contributed by atoms with Crippen molar-refractivity contribution in [3.05, 3.63) is 74.7 Å². The summed E-state index contributed by atoms with van der Waals surface area (Å²) in [6.07, 6.45) is 3.23. The number of hydrogen-bond acceptors (Lipinski definition) is 5. The largest absolute Gasteiger partial charge is 0.493 e. The molecule has 0 atom stereocenters. The smallest absolute Gasteiger partial charge is 0.293 e. The molecule has 1 aliphatic heterocycles. The number of methoxy groups -OCH3 is 1. The van der Waals surface area contributed by atoms with E-state index >= 15 is 0 Å². The van der Waals surface area contributed by atoms with Crippen molar-refractivity contribution in [2.45, 2.75) is 6.61 Å². The number of halogens is 1. The van der Waals surface area contributed by atoms with E-state index in [1.54, 1.807) is 19.3 Å². The fraction of sp³-hybridized carbons (Fsp3) is 0.143. The van der Waals surface area contributed by atoms with Gasteiger partial charge in [0, 0.05) is 6.54 Å². The summed E-state index contributed by atoms with van der Waals surface area (Å²) in [5.41, 5.74) is 1.82. The molecule has 3 rings (SSSR count). The summed E-state index contributed by atoms with van der Waals surface area (Å²) in [4.78, 5) is 25.9. The summed E-state index contributed by atoms with van der Waals surface area (Å²) < 4.78 is 12.3. The van der Waals surface area contributed by atoms with Crippen molar-refractivity contribution in [2.75, 3.05) is 13.7 Å². The van der Waals surface area contributed by atoms with Gasteiger partial charge in [-0.2, -0.15) is 0 Å². The average Bonchev–Trinajstić information content (AvgIpc) is 2.95. The lowest BCUT2D eigenvalue weighted by molar-refractivity contribution is -0.122. The molecule has 2 amide bonds. The lowest BCUT2D eigenvalue weighted by Gasteiger charge is -2.14. The van der Waals surface area contributed by atoms with E-state index in [9.17, 15) is 9.59 Å².